The van der Waals surface area contributed by atoms with E-state index in [9.17, 15) is 26.8 Å². The molecule has 2 N–H and O–H groups in total. The fraction of sp³-hybridized carbons (Fsp3) is 0.433. The number of carbonyl (C=O) groups excluding carboxylic acids is 2. The number of carbonyl (C=O) groups is 2. The normalized spacial score (nSPS) is 16.5. The molecule has 1 atom stereocenters. The van der Waals surface area contributed by atoms with Crippen molar-refractivity contribution in [1.82, 2.24) is 19.0 Å². The summed E-state index contributed by atoms with van der Waals surface area (Å²) in [4.78, 5) is 30.4. The van der Waals surface area contributed by atoms with Gasteiger partial charge in [0.05, 0.1) is 29.9 Å². The van der Waals surface area contributed by atoms with E-state index in [1.807, 2.05) is 19.1 Å². The van der Waals surface area contributed by atoms with Crippen molar-refractivity contribution in [2.45, 2.75) is 30.8 Å². The van der Waals surface area contributed by atoms with Gasteiger partial charge in [-0.1, -0.05) is 0 Å². The van der Waals surface area contributed by atoms with Gasteiger partial charge in [-0.2, -0.15) is 8.99 Å². The van der Waals surface area contributed by atoms with Gasteiger partial charge < -0.3 is 29.9 Å². The third-order valence-corrected chi connectivity index (χ3v) is 9.83. The quantitative estimate of drug-likeness (QED) is 0.352. The van der Waals surface area contributed by atoms with Crippen LogP contribution in [-0.2, 0) is 32.5 Å². The van der Waals surface area contributed by atoms with Gasteiger partial charge in [0.2, 0.25) is 10.0 Å². The van der Waals surface area contributed by atoms with E-state index in [1.165, 1.54) is 7.11 Å². The number of anilines is 3. The summed E-state index contributed by atoms with van der Waals surface area (Å²) in [7, 11) is 0.479. The minimum atomic E-state index is -4.35. The lowest BCUT2D eigenvalue weighted by Crippen LogP contribution is -2.44. The van der Waals surface area contributed by atoms with Gasteiger partial charge in [0, 0.05) is 81.8 Å². The van der Waals surface area contributed by atoms with Gasteiger partial charge in [0.15, 0.2) is 5.82 Å². The molecular formula is C30H37F2N7O6S. The Hall–Kier alpha value is -4.12. The van der Waals surface area contributed by atoms with Crippen LogP contribution in [0.3, 0.4) is 0 Å². The number of rotatable bonds is 9. The maximum atomic E-state index is 13.9. The maximum absolute atomic E-state index is 13.9. The number of aromatic nitrogens is 2. The SMILES string of the molecule is COCC(C)Nc1cc(N2CCN(C)CC2)ccc1C(=O)Nc1nn(C(=O)OC)c2c1CN(S(=O)(=O)c1cc(F)cc(F)c1)CC2. The largest absolute Gasteiger partial charge is 0.451 e. The number of likely N-dealkylation sites (N-methyl/N-ethyl adjacent to an activating group) is 1. The Balaban J connectivity index is 1.47. The Kier molecular flexibility index (Phi) is 9.91. The monoisotopic (exact) mass is 661 g/mol. The molecule has 46 heavy (non-hydrogen) atoms. The van der Waals surface area contributed by atoms with Crippen molar-refractivity contribution in [3.63, 3.8) is 0 Å². The Labute approximate surface area is 266 Å². The van der Waals surface area contributed by atoms with E-state index in [4.69, 9.17) is 9.47 Å². The van der Waals surface area contributed by atoms with Crippen molar-refractivity contribution in [2.75, 3.05) is 76.1 Å². The fourth-order valence-corrected chi connectivity index (χ4v) is 7.06. The van der Waals surface area contributed by atoms with E-state index < -0.39 is 38.6 Å². The number of benzene rings is 2. The van der Waals surface area contributed by atoms with Crippen LogP contribution in [0.2, 0.25) is 0 Å². The molecule has 2 aliphatic rings. The number of hydrogen-bond donors (Lipinski definition) is 2. The van der Waals surface area contributed by atoms with Crippen molar-refractivity contribution in [1.29, 1.82) is 0 Å². The van der Waals surface area contributed by atoms with E-state index in [0.717, 1.165) is 53.0 Å². The molecule has 13 nitrogen and oxygen atoms in total. The van der Waals surface area contributed by atoms with Gasteiger partial charge in [-0.25, -0.2) is 22.0 Å². The number of piperazine rings is 1. The predicted molar refractivity (Wildman–Crippen MR) is 167 cm³/mol. The maximum Gasteiger partial charge on any atom is 0.434 e. The van der Waals surface area contributed by atoms with Gasteiger partial charge in [0.25, 0.3) is 5.91 Å². The summed E-state index contributed by atoms with van der Waals surface area (Å²) in [6, 6.07) is 7.38. The molecule has 1 amide bonds. The number of ether oxygens (including phenoxy) is 2. The number of hydrogen-bond acceptors (Lipinski definition) is 10. The molecule has 0 bridgehead atoms. The molecule has 1 unspecified atom stereocenters. The zero-order valence-electron chi connectivity index (χ0n) is 26.0. The van der Waals surface area contributed by atoms with E-state index in [0.29, 0.717) is 24.1 Å². The Bertz CT molecular complexity index is 1710. The molecular weight excluding hydrogens is 624 g/mol. The average Bonchev–Trinajstić information content (AvgIpc) is 3.38. The van der Waals surface area contributed by atoms with Crippen molar-refractivity contribution in [2.24, 2.45) is 0 Å². The first kappa shape index (κ1) is 33.2. The van der Waals surface area contributed by atoms with Crippen molar-refractivity contribution < 1.29 is 36.3 Å². The molecule has 1 fully saturated rings. The zero-order valence-corrected chi connectivity index (χ0v) is 26.9. The number of halogens is 2. The zero-order chi connectivity index (χ0) is 33.2. The lowest BCUT2D eigenvalue weighted by molar-refractivity contribution is 0.102. The summed E-state index contributed by atoms with van der Waals surface area (Å²) >= 11 is 0. The minimum Gasteiger partial charge on any atom is -0.451 e. The summed E-state index contributed by atoms with van der Waals surface area (Å²) < 4.78 is 66.8. The first-order chi connectivity index (χ1) is 21.9. The van der Waals surface area contributed by atoms with Gasteiger partial charge in [-0.3, -0.25) is 4.79 Å². The molecule has 1 aromatic heterocycles. The van der Waals surface area contributed by atoms with E-state index in [2.05, 4.69) is 32.6 Å². The van der Waals surface area contributed by atoms with Crippen molar-refractivity contribution in [3.05, 3.63) is 64.9 Å². The molecule has 0 aliphatic carbocycles. The van der Waals surface area contributed by atoms with Gasteiger partial charge in [0.1, 0.15) is 11.6 Å². The molecule has 16 heteroatoms. The summed E-state index contributed by atoms with van der Waals surface area (Å²) in [5.41, 5.74) is 2.38. The molecule has 2 aromatic carbocycles. The second kappa shape index (κ2) is 13.7. The smallest absolute Gasteiger partial charge is 0.434 e. The van der Waals surface area contributed by atoms with E-state index >= 15 is 0 Å². The minimum absolute atomic E-state index is 0.0192. The van der Waals surface area contributed by atoms with Gasteiger partial charge >= 0.3 is 6.09 Å². The molecule has 2 aliphatic heterocycles. The number of fused-ring (bicyclic) bond motifs is 1. The van der Waals surface area contributed by atoms with Crippen LogP contribution in [-0.4, -0.2) is 106 Å². The van der Waals surface area contributed by atoms with Crippen LogP contribution < -0.4 is 15.5 Å². The van der Waals surface area contributed by atoms with Crippen LogP contribution in [0.1, 0.15) is 28.5 Å². The highest BCUT2D eigenvalue weighted by molar-refractivity contribution is 7.89. The molecule has 248 valence electrons. The standard InChI is InChI=1S/C30H37F2N7O6S/c1-19(18-44-3)33-26-16-22(37-11-9-36(2)10-12-37)5-6-24(26)29(40)34-28-25-17-38(8-7-27(25)39(35-28)30(41)45-4)46(42,43)23-14-20(31)13-21(32)15-23/h5-6,13-16,19,33H,7-12,17-18H2,1-4H3,(H,34,35,40). The molecule has 5 rings (SSSR count). The lowest BCUT2D eigenvalue weighted by atomic mass is 10.1. The Morgan fingerprint density at radius 3 is 2.37 bits per heavy atom. The Morgan fingerprint density at radius 1 is 1.02 bits per heavy atom. The van der Waals surface area contributed by atoms with Crippen LogP contribution in [0.5, 0.6) is 0 Å². The average molecular weight is 662 g/mol. The highest BCUT2D eigenvalue weighted by Crippen LogP contribution is 2.32. The topological polar surface area (TPSA) is 138 Å². The van der Waals surface area contributed by atoms with Crippen LogP contribution in [0.25, 0.3) is 0 Å². The van der Waals surface area contributed by atoms with Crippen LogP contribution in [0, 0.1) is 11.6 Å². The number of nitrogens with zero attached hydrogens (tertiary/aromatic N) is 5. The molecule has 0 radical (unpaired) electrons. The third-order valence-electron chi connectivity index (χ3n) is 8.01. The first-order valence-electron chi connectivity index (χ1n) is 14.7. The molecule has 0 spiro atoms. The third kappa shape index (κ3) is 6.99. The summed E-state index contributed by atoms with van der Waals surface area (Å²) in [6.45, 7) is 5.34. The van der Waals surface area contributed by atoms with Crippen molar-refractivity contribution >= 4 is 39.2 Å². The second-order valence-corrected chi connectivity index (χ2v) is 13.3. The fourth-order valence-electron chi connectivity index (χ4n) is 5.61. The van der Waals surface area contributed by atoms with Crippen molar-refractivity contribution in [3.8, 4) is 0 Å². The number of nitrogens with one attached hydrogen (secondary N) is 2. The van der Waals surface area contributed by atoms with Crippen LogP contribution in [0.4, 0.5) is 30.8 Å². The predicted octanol–water partition coefficient (Wildman–Crippen LogP) is 2.97. The second-order valence-electron chi connectivity index (χ2n) is 11.3. The van der Waals surface area contributed by atoms with Gasteiger partial charge in [-0.15, -0.1) is 5.10 Å². The van der Waals surface area contributed by atoms with Crippen LogP contribution in [0.15, 0.2) is 41.3 Å². The summed E-state index contributed by atoms with van der Waals surface area (Å²) in [6.07, 6.45) is -0.807. The first-order valence-corrected chi connectivity index (χ1v) is 16.1. The molecule has 0 saturated carbocycles. The molecule has 3 heterocycles. The van der Waals surface area contributed by atoms with E-state index in [-0.39, 0.29) is 42.5 Å². The summed E-state index contributed by atoms with van der Waals surface area (Å²) in [5, 5.41) is 10.4. The number of methoxy groups -OCH3 is 2. The lowest BCUT2D eigenvalue weighted by Gasteiger charge is -2.34. The number of sulfonamides is 1. The molecule has 3 aromatic rings. The Morgan fingerprint density at radius 2 is 1.72 bits per heavy atom. The van der Waals surface area contributed by atoms with Gasteiger partial charge in [-0.05, 0) is 44.3 Å². The van der Waals surface area contributed by atoms with E-state index in [1.54, 1.807) is 13.2 Å². The highest BCUT2D eigenvalue weighted by atomic mass is 32.2. The summed E-state index contributed by atoms with van der Waals surface area (Å²) in [5.74, 6) is -2.67. The highest BCUT2D eigenvalue weighted by Gasteiger charge is 2.35. The molecule has 1 saturated heterocycles. The van der Waals surface area contributed by atoms with Crippen LogP contribution >= 0.6 is 0 Å². The number of amides is 1.